The Kier molecular flexibility index (Phi) is 5.54. The van der Waals surface area contributed by atoms with Gasteiger partial charge < -0.3 is 9.26 Å². The van der Waals surface area contributed by atoms with Crippen LogP contribution in [0.2, 0.25) is 0 Å². The van der Waals surface area contributed by atoms with E-state index >= 15 is 0 Å². The number of nitrogens with zero attached hydrogens (tertiary/aromatic N) is 2. The molecule has 2 atom stereocenters. The van der Waals surface area contributed by atoms with Gasteiger partial charge in [0, 0.05) is 12.6 Å². The second kappa shape index (κ2) is 7.40. The molecule has 2 heterocycles. The van der Waals surface area contributed by atoms with Gasteiger partial charge in [0.05, 0.1) is 24.3 Å². The maximum Gasteiger partial charge on any atom is 0.310 e. The highest BCUT2D eigenvalue weighted by atomic mass is 16.5. The largest absolute Gasteiger partial charge is 0.466 e. The Hall–Kier alpha value is -1.89. The lowest BCUT2D eigenvalue weighted by Crippen LogP contribution is -2.48. The zero-order chi connectivity index (χ0) is 16.1. The third kappa shape index (κ3) is 4.07. The molecular weight excluding hydrogens is 286 g/mol. The van der Waals surface area contributed by atoms with E-state index in [9.17, 15) is 9.59 Å². The molecule has 7 nitrogen and oxygen atoms in total. The van der Waals surface area contributed by atoms with Crippen LogP contribution in [0.1, 0.15) is 32.4 Å². The summed E-state index contributed by atoms with van der Waals surface area (Å²) in [6.07, 6.45) is 1.69. The topological polar surface area (TPSA) is 84.7 Å². The molecule has 1 aromatic rings. The zero-order valence-electron chi connectivity index (χ0n) is 13.3. The quantitative estimate of drug-likeness (QED) is 0.831. The van der Waals surface area contributed by atoms with Crippen LogP contribution in [-0.4, -0.2) is 47.7 Å². The SMILES string of the molecule is CCOC(=O)[C@@H]1CCCN([C@@H](C)C(=O)Nc2cc(C)no2)C1. The molecule has 0 saturated carbocycles. The average Bonchev–Trinajstić information content (AvgIpc) is 2.92. The summed E-state index contributed by atoms with van der Waals surface area (Å²) in [5.74, 6) is -0.156. The van der Waals surface area contributed by atoms with Crippen molar-refractivity contribution >= 4 is 17.8 Å². The normalized spacial score (nSPS) is 20.4. The van der Waals surface area contributed by atoms with Gasteiger partial charge in [-0.2, -0.15) is 0 Å². The number of anilines is 1. The molecule has 1 N–H and O–H groups in total. The van der Waals surface area contributed by atoms with Crippen LogP contribution < -0.4 is 5.32 Å². The van der Waals surface area contributed by atoms with Crippen molar-refractivity contribution in [3.05, 3.63) is 11.8 Å². The number of hydrogen-bond acceptors (Lipinski definition) is 6. The van der Waals surface area contributed by atoms with Gasteiger partial charge in [0.25, 0.3) is 0 Å². The fraction of sp³-hybridized carbons (Fsp3) is 0.667. The van der Waals surface area contributed by atoms with E-state index in [0.717, 1.165) is 19.4 Å². The minimum Gasteiger partial charge on any atom is -0.466 e. The van der Waals surface area contributed by atoms with Gasteiger partial charge in [-0.05, 0) is 40.2 Å². The number of hydrogen-bond donors (Lipinski definition) is 1. The molecule has 0 radical (unpaired) electrons. The highest BCUT2D eigenvalue weighted by molar-refractivity contribution is 5.93. The van der Waals surface area contributed by atoms with Crippen molar-refractivity contribution in [1.29, 1.82) is 0 Å². The third-order valence-electron chi connectivity index (χ3n) is 3.87. The Balaban J connectivity index is 1.91. The molecule has 1 saturated heterocycles. The Labute approximate surface area is 130 Å². The number of piperidine rings is 1. The molecule has 2 rings (SSSR count). The van der Waals surface area contributed by atoms with Crippen LogP contribution in [0, 0.1) is 12.8 Å². The zero-order valence-corrected chi connectivity index (χ0v) is 13.3. The summed E-state index contributed by atoms with van der Waals surface area (Å²) in [5.41, 5.74) is 0.711. The van der Waals surface area contributed by atoms with Crippen LogP contribution in [0.3, 0.4) is 0 Å². The number of likely N-dealkylation sites (tertiary alicyclic amines) is 1. The number of aryl methyl sites for hydroxylation is 1. The van der Waals surface area contributed by atoms with Crippen molar-refractivity contribution in [3.63, 3.8) is 0 Å². The maximum atomic E-state index is 12.3. The van der Waals surface area contributed by atoms with E-state index in [1.807, 2.05) is 11.8 Å². The van der Waals surface area contributed by atoms with Crippen molar-refractivity contribution in [2.75, 3.05) is 25.0 Å². The van der Waals surface area contributed by atoms with E-state index in [2.05, 4.69) is 10.5 Å². The fourth-order valence-electron chi connectivity index (χ4n) is 2.62. The molecule has 0 bridgehead atoms. The number of aromatic nitrogens is 1. The number of nitrogens with one attached hydrogen (secondary N) is 1. The summed E-state index contributed by atoms with van der Waals surface area (Å²) in [4.78, 5) is 26.1. The van der Waals surface area contributed by atoms with Gasteiger partial charge in [-0.25, -0.2) is 0 Å². The molecule has 0 spiro atoms. The van der Waals surface area contributed by atoms with E-state index in [1.165, 1.54) is 0 Å². The minimum atomic E-state index is -0.345. The molecule has 7 heteroatoms. The third-order valence-corrected chi connectivity index (χ3v) is 3.87. The Morgan fingerprint density at radius 3 is 3.00 bits per heavy atom. The first kappa shape index (κ1) is 16.5. The van der Waals surface area contributed by atoms with Crippen LogP contribution >= 0.6 is 0 Å². The molecule has 1 aromatic heterocycles. The summed E-state index contributed by atoms with van der Waals surface area (Å²) < 4.78 is 10.1. The first-order valence-corrected chi connectivity index (χ1v) is 7.66. The van der Waals surface area contributed by atoms with E-state index in [-0.39, 0.29) is 23.8 Å². The predicted octanol–water partition coefficient (Wildman–Crippen LogP) is 1.59. The second-order valence-electron chi connectivity index (χ2n) is 5.58. The Bertz CT molecular complexity index is 529. The molecule has 22 heavy (non-hydrogen) atoms. The summed E-state index contributed by atoms with van der Waals surface area (Å²) in [7, 11) is 0. The monoisotopic (exact) mass is 309 g/mol. The highest BCUT2D eigenvalue weighted by Crippen LogP contribution is 2.20. The standard InChI is InChI=1S/C15H23N3O4/c1-4-21-15(20)12-6-5-7-18(9-12)11(3)14(19)16-13-8-10(2)17-22-13/h8,11-12H,4-7,9H2,1-3H3,(H,16,19)/t11-,12+/m0/s1. The van der Waals surface area contributed by atoms with Crippen molar-refractivity contribution in [2.45, 2.75) is 39.7 Å². The Morgan fingerprint density at radius 2 is 2.36 bits per heavy atom. The van der Waals surface area contributed by atoms with Crippen LogP contribution in [0.4, 0.5) is 5.88 Å². The Morgan fingerprint density at radius 1 is 1.59 bits per heavy atom. The van der Waals surface area contributed by atoms with Gasteiger partial charge in [0.15, 0.2) is 0 Å². The fourth-order valence-corrected chi connectivity index (χ4v) is 2.62. The highest BCUT2D eigenvalue weighted by Gasteiger charge is 2.31. The van der Waals surface area contributed by atoms with Crippen molar-refractivity contribution in [3.8, 4) is 0 Å². The summed E-state index contributed by atoms with van der Waals surface area (Å²) >= 11 is 0. The van der Waals surface area contributed by atoms with E-state index in [0.29, 0.717) is 24.7 Å². The van der Waals surface area contributed by atoms with Gasteiger partial charge in [-0.15, -0.1) is 0 Å². The summed E-state index contributed by atoms with van der Waals surface area (Å²) in [6.45, 7) is 7.14. The number of amides is 1. The molecule has 1 fully saturated rings. The molecular formula is C15H23N3O4. The number of ether oxygens (including phenoxy) is 1. The lowest BCUT2D eigenvalue weighted by molar-refractivity contribution is -0.150. The molecule has 1 amide bonds. The minimum absolute atomic E-state index is 0.156. The van der Waals surface area contributed by atoms with Gasteiger partial charge in [-0.3, -0.25) is 19.8 Å². The molecule has 122 valence electrons. The van der Waals surface area contributed by atoms with Crippen molar-refractivity contribution < 1.29 is 18.8 Å². The average molecular weight is 309 g/mol. The first-order chi connectivity index (χ1) is 10.5. The summed E-state index contributed by atoms with van der Waals surface area (Å²) in [6, 6.07) is 1.32. The smallest absolute Gasteiger partial charge is 0.310 e. The van der Waals surface area contributed by atoms with E-state index < -0.39 is 0 Å². The summed E-state index contributed by atoms with van der Waals surface area (Å²) in [5, 5.41) is 6.44. The molecule has 1 aliphatic heterocycles. The number of carbonyl (C=O) groups excluding carboxylic acids is 2. The number of carbonyl (C=O) groups is 2. The molecule has 1 aliphatic rings. The van der Waals surface area contributed by atoms with Crippen LogP contribution in [0.25, 0.3) is 0 Å². The predicted molar refractivity (Wildman–Crippen MR) is 80.3 cm³/mol. The van der Waals surface area contributed by atoms with Crippen LogP contribution in [0.15, 0.2) is 10.6 Å². The van der Waals surface area contributed by atoms with E-state index in [4.69, 9.17) is 9.26 Å². The van der Waals surface area contributed by atoms with Crippen LogP contribution in [0.5, 0.6) is 0 Å². The van der Waals surface area contributed by atoms with Gasteiger partial charge >= 0.3 is 5.97 Å². The number of esters is 1. The van der Waals surface area contributed by atoms with E-state index in [1.54, 1.807) is 19.9 Å². The van der Waals surface area contributed by atoms with Gasteiger partial charge in [0.1, 0.15) is 0 Å². The van der Waals surface area contributed by atoms with Crippen molar-refractivity contribution in [2.24, 2.45) is 5.92 Å². The lowest BCUT2D eigenvalue weighted by Gasteiger charge is -2.34. The van der Waals surface area contributed by atoms with Gasteiger partial charge in [-0.1, -0.05) is 5.16 Å². The lowest BCUT2D eigenvalue weighted by atomic mass is 9.97. The maximum absolute atomic E-state index is 12.3. The second-order valence-corrected chi connectivity index (χ2v) is 5.58. The van der Waals surface area contributed by atoms with Gasteiger partial charge in [0.2, 0.25) is 11.8 Å². The van der Waals surface area contributed by atoms with Crippen LogP contribution in [-0.2, 0) is 14.3 Å². The first-order valence-electron chi connectivity index (χ1n) is 7.66. The van der Waals surface area contributed by atoms with Crippen molar-refractivity contribution in [1.82, 2.24) is 10.1 Å². The molecule has 0 aromatic carbocycles. The molecule has 0 unspecified atom stereocenters. The number of rotatable bonds is 5. The molecule has 0 aliphatic carbocycles.